The molecule has 242 valence electrons. The van der Waals surface area contributed by atoms with Crippen LogP contribution >= 0.6 is 0 Å². The molecule has 3 heterocycles. The van der Waals surface area contributed by atoms with Crippen LogP contribution in [0.15, 0.2) is 173 Å². The van der Waals surface area contributed by atoms with E-state index >= 15 is 0 Å². The van der Waals surface area contributed by atoms with Crippen molar-refractivity contribution in [1.82, 2.24) is 15.0 Å². The van der Waals surface area contributed by atoms with Crippen molar-refractivity contribution in [1.29, 1.82) is 0 Å². The van der Waals surface area contributed by atoms with Crippen molar-refractivity contribution in [2.45, 2.75) is 0 Å². The molecular weight excluding hydrogens is 639 g/mol. The maximum Gasteiger partial charge on any atom is 0.167 e. The number of hydrogen-bond donors (Lipinski definition) is 0. The van der Waals surface area contributed by atoms with Crippen molar-refractivity contribution in [2.24, 2.45) is 0 Å². The topological polar surface area (TPSA) is 65.0 Å². The zero-order valence-electron chi connectivity index (χ0n) is 27.7. The molecule has 0 saturated carbocycles. The van der Waals surface area contributed by atoms with E-state index in [1.54, 1.807) is 0 Å². The summed E-state index contributed by atoms with van der Waals surface area (Å²) in [4.78, 5) is 15.9. The van der Waals surface area contributed by atoms with Crippen LogP contribution in [0.2, 0.25) is 0 Å². The van der Waals surface area contributed by atoms with Crippen LogP contribution in [0.4, 0.5) is 0 Å². The highest BCUT2D eigenvalue weighted by Crippen LogP contribution is 2.42. The monoisotopic (exact) mass is 665 g/mol. The zero-order chi connectivity index (χ0) is 34.2. The van der Waals surface area contributed by atoms with Crippen molar-refractivity contribution < 1.29 is 8.83 Å². The normalized spacial score (nSPS) is 11.8. The van der Waals surface area contributed by atoms with Crippen molar-refractivity contribution in [3.63, 3.8) is 0 Å². The predicted molar refractivity (Wildman–Crippen MR) is 211 cm³/mol. The second kappa shape index (κ2) is 11.2. The van der Waals surface area contributed by atoms with Crippen molar-refractivity contribution in [3.8, 4) is 45.3 Å². The number of aromatic nitrogens is 3. The van der Waals surface area contributed by atoms with Crippen LogP contribution < -0.4 is 0 Å². The lowest BCUT2D eigenvalue weighted by atomic mass is 9.94. The summed E-state index contributed by atoms with van der Waals surface area (Å²) in [6.07, 6.45) is 0. The molecule has 0 radical (unpaired) electrons. The first kappa shape index (κ1) is 28.7. The fraction of sp³-hybridized carbons (Fsp3) is 0. The summed E-state index contributed by atoms with van der Waals surface area (Å²) in [5.41, 5.74) is 7.97. The molecule has 0 atom stereocenters. The summed E-state index contributed by atoms with van der Waals surface area (Å²) >= 11 is 0. The van der Waals surface area contributed by atoms with Crippen LogP contribution in [-0.2, 0) is 0 Å². The Morgan fingerprint density at radius 3 is 1.65 bits per heavy atom. The third-order valence-corrected chi connectivity index (χ3v) is 10.2. The van der Waals surface area contributed by atoms with Crippen LogP contribution in [0.1, 0.15) is 0 Å². The zero-order valence-corrected chi connectivity index (χ0v) is 27.7. The Bertz CT molecular complexity index is 3210. The Kier molecular flexibility index (Phi) is 6.18. The second-order valence-corrected chi connectivity index (χ2v) is 13.1. The Labute approximate surface area is 297 Å². The van der Waals surface area contributed by atoms with Gasteiger partial charge in [0.2, 0.25) is 0 Å². The van der Waals surface area contributed by atoms with Gasteiger partial charge in [0.15, 0.2) is 17.5 Å². The van der Waals surface area contributed by atoms with E-state index in [0.717, 1.165) is 87.9 Å². The number of fused-ring (bicyclic) bond motifs is 9. The Hall–Kier alpha value is -7.11. The van der Waals surface area contributed by atoms with Crippen molar-refractivity contribution in [2.75, 3.05) is 0 Å². The van der Waals surface area contributed by atoms with Gasteiger partial charge in [-0.2, -0.15) is 0 Å². The van der Waals surface area contributed by atoms with Gasteiger partial charge in [0.25, 0.3) is 0 Å². The number of furan rings is 2. The van der Waals surface area contributed by atoms with Gasteiger partial charge < -0.3 is 8.83 Å². The molecule has 0 aliphatic heterocycles. The number of hydrogen-bond acceptors (Lipinski definition) is 5. The molecule has 11 rings (SSSR count). The maximum atomic E-state index is 6.52. The average molecular weight is 666 g/mol. The van der Waals surface area contributed by atoms with E-state index in [4.69, 9.17) is 23.8 Å². The van der Waals surface area contributed by atoms with Gasteiger partial charge in [-0.25, -0.2) is 15.0 Å². The molecule has 8 aromatic carbocycles. The lowest BCUT2D eigenvalue weighted by molar-refractivity contribution is 0.669. The van der Waals surface area contributed by atoms with E-state index in [1.807, 2.05) is 60.7 Å². The fourth-order valence-corrected chi connectivity index (χ4v) is 7.81. The Morgan fingerprint density at radius 2 is 0.827 bits per heavy atom. The summed E-state index contributed by atoms with van der Waals surface area (Å²) in [6, 6.07) is 56.2. The van der Waals surface area contributed by atoms with E-state index in [1.165, 1.54) is 5.39 Å². The third kappa shape index (κ3) is 4.33. The Balaban J connectivity index is 1.22. The molecule has 0 unspecified atom stereocenters. The van der Waals surface area contributed by atoms with Gasteiger partial charge in [-0.1, -0.05) is 133 Å². The minimum atomic E-state index is 0.545. The third-order valence-electron chi connectivity index (χ3n) is 10.2. The smallest absolute Gasteiger partial charge is 0.167 e. The van der Waals surface area contributed by atoms with Gasteiger partial charge in [-0.15, -0.1) is 0 Å². The molecule has 0 spiro atoms. The molecule has 0 saturated heterocycles. The number of para-hydroxylation sites is 3. The summed E-state index contributed by atoms with van der Waals surface area (Å²) in [5, 5.41) is 8.75. The van der Waals surface area contributed by atoms with Crippen LogP contribution in [0, 0.1) is 0 Å². The molecule has 0 fully saturated rings. The summed E-state index contributed by atoms with van der Waals surface area (Å²) in [7, 11) is 0. The molecule has 5 heteroatoms. The molecule has 0 aliphatic rings. The molecule has 0 amide bonds. The van der Waals surface area contributed by atoms with E-state index in [2.05, 4.69) is 103 Å². The molecule has 0 aliphatic carbocycles. The molecule has 3 aromatic heterocycles. The largest absolute Gasteiger partial charge is 0.456 e. The van der Waals surface area contributed by atoms with Crippen LogP contribution in [-0.4, -0.2) is 15.0 Å². The summed E-state index contributed by atoms with van der Waals surface area (Å²) in [6.45, 7) is 0. The van der Waals surface area contributed by atoms with E-state index in [0.29, 0.717) is 17.5 Å². The van der Waals surface area contributed by atoms with E-state index in [-0.39, 0.29) is 0 Å². The van der Waals surface area contributed by atoms with E-state index in [9.17, 15) is 0 Å². The number of benzene rings is 8. The first-order valence-corrected chi connectivity index (χ1v) is 17.4. The van der Waals surface area contributed by atoms with Gasteiger partial charge in [0.1, 0.15) is 22.3 Å². The van der Waals surface area contributed by atoms with Gasteiger partial charge in [0.05, 0.1) is 5.56 Å². The molecule has 0 N–H and O–H groups in total. The highest BCUT2D eigenvalue weighted by atomic mass is 16.3. The summed E-state index contributed by atoms with van der Waals surface area (Å²) in [5.74, 6) is 1.71. The quantitative estimate of drug-likeness (QED) is 0.175. The first-order valence-electron chi connectivity index (χ1n) is 17.4. The SMILES string of the molecule is c1ccc(-c2cccc3oc4ccccc4c23)c(-c2nc(-c3cc4ccccc4c4ccccc34)nc(-c3cccc4c3oc3ccccc34)n2)c1. The van der Waals surface area contributed by atoms with Gasteiger partial charge in [-0.3, -0.25) is 0 Å². The maximum absolute atomic E-state index is 6.52. The van der Waals surface area contributed by atoms with Crippen molar-refractivity contribution >= 4 is 65.4 Å². The second-order valence-electron chi connectivity index (χ2n) is 13.1. The molecule has 5 nitrogen and oxygen atoms in total. The molecule has 52 heavy (non-hydrogen) atoms. The minimum absolute atomic E-state index is 0.545. The van der Waals surface area contributed by atoms with Crippen LogP contribution in [0.3, 0.4) is 0 Å². The van der Waals surface area contributed by atoms with Gasteiger partial charge in [-0.05, 0) is 63.0 Å². The molecule has 11 aromatic rings. The average Bonchev–Trinajstić information content (AvgIpc) is 3.79. The fourth-order valence-electron chi connectivity index (χ4n) is 7.81. The molecule has 0 bridgehead atoms. The Morgan fingerprint density at radius 1 is 0.308 bits per heavy atom. The van der Waals surface area contributed by atoms with E-state index < -0.39 is 0 Å². The lowest BCUT2D eigenvalue weighted by Crippen LogP contribution is -2.02. The number of nitrogens with zero attached hydrogens (tertiary/aromatic N) is 3. The minimum Gasteiger partial charge on any atom is -0.456 e. The first-order chi connectivity index (χ1) is 25.8. The summed E-state index contributed by atoms with van der Waals surface area (Å²) < 4.78 is 12.8. The number of rotatable bonds is 4. The van der Waals surface area contributed by atoms with Crippen LogP contribution in [0.25, 0.3) is 111 Å². The van der Waals surface area contributed by atoms with Crippen LogP contribution in [0.5, 0.6) is 0 Å². The van der Waals surface area contributed by atoms with Gasteiger partial charge >= 0.3 is 0 Å². The highest BCUT2D eigenvalue weighted by molar-refractivity contribution is 6.15. The molecular formula is C47H27N3O2. The van der Waals surface area contributed by atoms with Gasteiger partial charge in [0, 0.05) is 32.7 Å². The predicted octanol–water partition coefficient (Wildman–Crippen LogP) is 12.6. The van der Waals surface area contributed by atoms with Crippen molar-refractivity contribution in [3.05, 3.63) is 164 Å². The highest BCUT2D eigenvalue weighted by Gasteiger charge is 2.22. The standard InChI is InChI=1S/C47H27N3O2/c1-2-14-29-28(13-1)27-39(31-16-4-3-15-30(29)31)47-49-45(48-46(50-47)38-23-11-22-35-33-18-7-9-24-40(33)52-44(35)38)36-19-6-5-17-32(36)34-21-12-26-42-43(34)37-20-8-10-25-41(37)51-42/h1-27H. The lowest BCUT2D eigenvalue weighted by Gasteiger charge is -2.14.